The van der Waals surface area contributed by atoms with Crippen LogP contribution in [0.5, 0.6) is 0 Å². The van der Waals surface area contributed by atoms with Crippen LogP contribution in [0.15, 0.2) is 16.6 Å². The van der Waals surface area contributed by atoms with Crippen molar-refractivity contribution >= 4 is 17.3 Å². The SMILES string of the molecule is C=C(C)S/C=N\NC. The lowest BCUT2D eigenvalue weighted by atomic mass is 10.8. The van der Waals surface area contributed by atoms with Gasteiger partial charge < -0.3 is 5.43 Å². The van der Waals surface area contributed by atoms with Gasteiger partial charge in [0.2, 0.25) is 0 Å². The van der Waals surface area contributed by atoms with E-state index in [-0.39, 0.29) is 0 Å². The third kappa shape index (κ3) is 5.56. The van der Waals surface area contributed by atoms with E-state index in [0.29, 0.717) is 0 Å². The first-order valence-corrected chi connectivity index (χ1v) is 3.15. The molecule has 0 rings (SSSR count). The first kappa shape index (κ1) is 7.56. The minimum absolute atomic E-state index is 1.05. The van der Waals surface area contributed by atoms with Crippen LogP contribution in [0, 0.1) is 0 Å². The zero-order valence-electron chi connectivity index (χ0n) is 5.14. The number of thioether (sulfide) groups is 1. The molecular formula is C5H10N2S. The number of rotatable bonds is 3. The quantitative estimate of drug-likeness (QED) is 0.355. The molecule has 0 aromatic carbocycles. The Morgan fingerprint density at radius 2 is 2.50 bits per heavy atom. The van der Waals surface area contributed by atoms with Gasteiger partial charge in [-0.2, -0.15) is 5.10 Å². The highest BCUT2D eigenvalue weighted by Gasteiger charge is 1.76. The number of hydrazone groups is 1. The van der Waals surface area contributed by atoms with Crippen molar-refractivity contribution in [3.8, 4) is 0 Å². The third-order valence-electron chi connectivity index (χ3n) is 0.436. The van der Waals surface area contributed by atoms with Gasteiger partial charge in [0.15, 0.2) is 0 Å². The van der Waals surface area contributed by atoms with Gasteiger partial charge in [0.25, 0.3) is 0 Å². The van der Waals surface area contributed by atoms with Crippen molar-refractivity contribution in [3.05, 3.63) is 11.5 Å². The normalized spacial score (nSPS) is 9.75. The molecule has 3 heteroatoms. The highest BCUT2D eigenvalue weighted by atomic mass is 32.2. The van der Waals surface area contributed by atoms with Crippen LogP contribution in [0.1, 0.15) is 6.92 Å². The van der Waals surface area contributed by atoms with Crippen molar-refractivity contribution in [1.82, 2.24) is 5.43 Å². The Hall–Kier alpha value is -0.440. The van der Waals surface area contributed by atoms with Crippen LogP contribution in [0.3, 0.4) is 0 Å². The summed E-state index contributed by atoms with van der Waals surface area (Å²) in [5.74, 6) is 0. The van der Waals surface area contributed by atoms with Crippen molar-refractivity contribution in [2.24, 2.45) is 5.10 Å². The van der Waals surface area contributed by atoms with E-state index >= 15 is 0 Å². The molecule has 0 aliphatic heterocycles. The predicted molar refractivity (Wildman–Crippen MR) is 40.0 cm³/mol. The van der Waals surface area contributed by atoms with E-state index in [9.17, 15) is 0 Å². The molecule has 0 saturated carbocycles. The predicted octanol–water partition coefficient (Wildman–Crippen LogP) is 1.42. The maximum Gasteiger partial charge on any atom is 0.0841 e. The topological polar surface area (TPSA) is 24.4 Å². The summed E-state index contributed by atoms with van der Waals surface area (Å²) >= 11 is 1.51. The Bertz CT molecular complexity index is 98.6. The van der Waals surface area contributed by atoms with Crippen LogP contribution in [-0.4, -0.2) is 12.6 Å². The molecule has 0 fully saturated rings. The number of nitrogens with zero attached hydrogens (tertiary/aromatic N) is 1. The summed E-state index contributed by atoms with van der Waals surface area (Å²) in [6, 6.07) is 0. The molecule has 2 nitrogen and oxygen atoms in total. The van der Waals surface area contributed by atoms with Crippen LogP contribution >= 0.6 is 11.8 Å². The highest BCUT2D eigenvalue weighted by Crippen LogP contribution is 2.06. The van der Waals surface area contributed by atoms with Crippen molar-refractivity contribution in [1.29, 1.82) is 0 Å². The Labute approximate surface area is 54.0 Å². The van der Waals surface area contributed by atoms with Crippen LogP contribution in [0.25, 0.3) is 0 Å². The molecule has 1 N–H and O–H groups in total. The number of hydrogen-bond acceptors (Lipinski definition) is 3. The lowest BCUT2D eigenvalue weighted by molar-refractivity contribution is 0.911. The highest BCUT2D eigenvalue weighted by molar-refractivity contribution is 8.15. The fraction of sp³-hybridized carbons (Fsp3) is 0.400. The van der Waals surface area contributed by atoms with E-state index in [1.165, 1.54) is 11.8 Å². The molecule has 8 heavy (non-hydrogen) atoms. The van der Waals surface area contributed by atoms with E-state index in [0.717, 1.165) is 4.91 Å². The summed E-state index contributed by atoms with van der Waals surface area (Å²) in [6.45, 7) is 5.61. The van der Waals surface area contributed by atoms with E-state index in [1.807, 2.05) is 6.92 Å². The summed E-state index contributed by atoms with van der Waals surface area (Å²) < 4.78 is 0. The minimum atomic E-state index is 1.05. The van der Waals surface area contributed by atoms with Crippen LogP contribution in [0.2, 0.25) is 0 Å². The number of hydrogen-bond donors (Lipinski definition) is 1. The number of allylic oxidation sites excluding steroid dienone is 1. The van der Waals surface area contributed by atoms with Crippen LogP contribution in [0.4, 0.5) is 0 Å². The smallest absolute Gasteiger partial charge is 0.0841 e. The maximum atomic E-state index is 3.74. The van der Waals surface area contributed by atoms with Gasteiger partial charge in [-0.3, -0.25) is 0 Å². The monoisotopic (exact) mass is 130 g/mol. The molecular weight excluding hydrogens is 120 g/mol. The van der Waals surface area contributed by atoms with Crippen molar-refractivity contribution < 1.29 is 0 Å². The summed E-state index contributed by atoms with van der Waals surface area (Å²) in [6.07, 6.45) is 0. The molecule has 0 amide bonds. The van der Waals surface area contributed by atoms with Crippen molar-refractivity contribution in [3.63, 3.8) is 0 Å². The first-order chi connectivity index (χ1) is 3.77. The molecule has 0 aliphatic carbocycles. The van der Waals surface area contributed by atoms with Crippen LogP contribution in [-0.2, 0) is 0 Å². The summed E-state index contributed by atoms with van der Waals surface area (Å²) in [7, 11) is 1.76. The van der Waals surface area contributed by atoms with Gasteiger partial charge in [-0.25, -0.2) is 0 Å². The third-order valence-corrected chi connectivity index (χ3v) is 1.05. The second-order valence-corrected chi connectivity index (χ2v) is 2.42. The standard InChI is InChI=1S/C5H10N2S/c1-5(2)8-4-7-6-3/h4,6H,1H2,2-3H3/b7-4-. The Kier molecular flexibility index (Phi) is 4.45. The molecule has 0 spiro atoms. The maximum absolute atomic E-state index is 3.74. The Morgan fingerprint density at radius 3 is 2.88 bits per heavy atom. The van der Waals surface area contributed by atoms with E-state index in [1.54, 1.807) is 12.6 Å². The van der Waals surface area contributed by atoms with Gasteiger partial charge in [0, 0.05) is 7.05 Å². The van der Waals surface area contributed by atoms with Gasteiger partial charge in [-0.1, -0.05) is 18.3 Å². The average molecular weight is 130 g/mol. The molecule has 0 aromatic heterocycles. The van der Waals surface area contributed by atoms with Gasteiger partial charge in [0.1, 0.15) is 0 Å². The molecule has 0 unspecified atom stereocenters. The van der Waals surface area contributed by atoms with Crippen molar-refractivity contribution in [2.75, 3.05) is 7.05 Å². The lowest BCUT2D eigenvalue weighted by Gasteiger charge is -1.87. The first-order valence-electron chi connectivity index (χ1n) is 2.28. The van der Waals surface area contributed by atoms with E-state index in [2.05, 4.69) is 17.1 Å². The summed E-state index contributed by atoms with van der Waals surface area (Å²) in [5.41, 5.74) is 4.34. The molecule has 0 atom stereocenters. The number of nitrogens with one attached hydrogen (secondary N) is 1. The molecule has 0 bridgehead atoms. The summed E-state index contributed by atoms with van der Waals surface area (Å²) in [5, 5.41) is 3.74. The van der Waals surface area contributed by atoms with Gasteiger partial charge >= 0.3 is 0 Å². The fourth-order valence-corrected chi connectivity index (χ4v) is 0.507. The molecule has 0 aliphatic rings. The zero-order valence-corrected chi connectivity index (χ0v) is 5.96. The van der Waals surface area contributed by atoms with Crippen LogP contribution < -0.4 is 5.43 Å². The van der Waals surface area contributed by atoms with E-state index < -0.39 is 0 Å². The molecule has 0 heterocycles. The minimum Gasteiger partial charge on any atom is -0.313 e. The largest absolute Gasteiger partial charge is 0.313 e. The summed E-state index contributed by atoms with van der Waals surface area (Å²) in [4.78, 5) is 1.05. The second-order valence-electron chi connectivity index (χ2n) is 1.28. The van der Waals surface area contributed by atoms with Gasteiger partial charge in [-0.15, -0.1) is 0 Å². The molecule has 0 radical (unpaired) electrons. The van der Waals surface area contributed by atoms with Gasteiger partial charge in [0.05, 0.1) is 5.55 Å². The Morgan fingerprint density at radius 1 is 1.88 bits per heavy atom. The fourth-order valence-electron chi connectivity index (χ4n) is 0.169. The van der Waals surface area contributed by atoms with Crippen molar-refractivity contribution in [2.45, 2.75) is 6.92 Å². The average Bonchev–Trinajstić information content (AvgIpc) is 1.66. The zero-order chi connectivity index (χ0) is 6.41. The van der Waals surface area contributed by atoms with Gasteiger partial charge in [-0.05, 0) is 11.8 Å². The van der Waals surface area contributed by atoms with E-state index in [4.69, 9.17) is 0 Å². The molecule has 46 valence electrons. The molecule has 0 aromatic rings. The second kappa shape index (κ2) is 4.71. The molecule has 0 saturated heterocycles. The Balaban J connectivity index is 3.16. The lowest BCUT2D eigenvalue weighted by Crippen LogP contribution is -1.91.